The minimum absolute atomic E-state index is 0.291. The molecule has 0 saturated heterocycles. The largest absolute Gasteiger partial charge is 0.489 e. The molecule has 2 heteroatoms. The molecule has 0 radical (unpaired) electrons. The van der Waals surface area contributed by atoms with Gasteiger partial charge in [-0.1, -0.05) is 30.3 Å². The molecule has 2 nitrogen and oxygen atoms in total. The Morgan fingerprint density at radius 1 is 1.21 bits per heavy atom. The third kappa shape index (κ3) is 2.49. The summed E-state index contributed by atoms with van der Waals surface area (Å²) in [6.07, 6.45) is 1.48. The molecule has 2 aromatic rings. The zero-order chi connectivity index (χ0) is 13.2. The van der Waals surface area contributed by atoms with E-state index in [1.54, 1.807) is 0 Å². The number of hydrogen-bond acceptors (Lipinski definition) is 2. The van der Waals surface area contributed by atoms with Crippen molar-refractivity contribution < 1.29 is 9.84 Å². The van der Waals surface area contributed by atoms with E-state index in [0.717, 1.165) is 24.2 Å². The quantitative estimate of drug-likeness (QED) is 0.907. The lowest BCUT2D eigenvalue weighted by Crippen LogP contribution is -1.98. The highest BCUT2D eigenvalue weighted by atomic mass is 16.5. The van der Waals surface area contributed by atoms with Gasteiger partial charge in [-0.3, -0.25) is 0 Å². The van der Waals surface area contributed by atoms with E-state index in [2.05, 4.69) is 25.1 Å². The molecular formula is C17H18O2. The molecule has 0 saturated carbocycles. The molecule has 0 unspecified atom stereocenters. The molecule has 0 fully saturated rings. The van der Waals surface area contributed by atoms with Crippen molar-refractivity contribution in [2.24, 2.45) is 0 Å². The Balaban J connectivity index is 1.73. The van der Waals surface area contributed by atoms with Crippen LogP contribution in [0.3, 0.4) is 0 Å². The molecule has 0 bridgehead atoms. The van der Waals surface area contributed by atoms with Crippen LogP contribution in [-0.2, 0) is 13.0 Å². The van der Waals surface area contributed by atoms with Crippen molar-refractivity contribution in [1.29, 1.82) is 0 Å². The zero-order valence-corrected chi connectivity index (χ0v) is 11.1. The van der Waals surface area contributed by atoms with Crippen molar-refractivity contribution >= 4 is 0 Å². The molecule has 3 rings (SSSR count). The van der Waals surface area contributed by atoms with Gasteiger partial charge in [-0.15, -0.1) is 0 Å². The second-order valence-corrected chi connectivity index (χ2v) is 5.13. The van der Waals surface area contributed by atoms with Crippen LogP contribution in [0.1, 0.15) is 34.8 Å². The van der Waals surface area contributed by atoms with Crippen molar-refractivity contribution in [2.45, 2.75) is 32.5 Å². The zero-order valence-electron chi connectivity index (χ0n) is 11.1. The highest BCUT2D eigenvalue weighted by molar-refractivity contribution is 5.40. The summed E-state index contributed by atoms with van der Waals surface area (Å²) in [5.74, 6) is 0.885. The predicted molar refractivity (Wildman–Crippen MR) is 75.2 cm³/mol. The van der Waals surface area contributed by atoms with Gasteiger partial charge >= 0.3 is 0 Å². The van der Waals surface area contributed by atoms with E-state index in [1.165, 1.54) is 16.7 Å². The molecule has 2 aromatic carbocycles. The van der Waals surface area contributed by atoms with Gasteiger partial charge in [0.25, 0.3) is 0 Å². The second-order valence-electron chi connectivity index (χ2n) is 5.13. The Morgan fingerprint density at radius 3 is 2.89 bits per heavy atom. The molecule has 0 aromatic heterocycles. The van der Waals surface area contributed by atoms with Gasteiger partial charge in [-0.2, -0.15) is 0 Å². The van der Waals surface area contributed by atoms with Gasteiger partial charge in [0.2, 0.25) is 0 Å². The molecule has 0 aliphatic heterocycles. The summed E-state index contributed by atoms with van der Waals surface area (Å²) in [6, 6.07) is 14.3. The summed E-state index contributed by atoms with van der Waals surface area (Å²) in [6.45, 7) is 2.69. The van der Waals surface area contributed by atoms with Crippen molar-refractivity contribution in [3.63, 3.8) is 0 Å². The maximum Gasteiger partial charge on any atom is 0.120 e. The maximum atomic E-state index is 9.78. The van der Waals surface area contributed by atoms with Crippen LogP contribution in [0.15, 0.2) is 42.5 Å². The molecule has 1 aliphatic rings. The van der Waals surface area contributed by atoms with Crippen molar-refractivity contribution in [3.05, 3.63) is 64.7 Å². The van der Waals surface area contributed by atoms with Crippen LogP contribution in [0.2, 0.25) is 0 Å². The Labute approximate surface area is 113 Å². The van der Waals surface area contributed by atoms with Gasteiger partial charge in [0.15, 0.2) is 0 Å². The standard InChI is InChI=1S/C17H18O2/c1-12-4-2-3-5-14(12)11-19-15-7-8-16-13(10-15)6-9-17(16)18/h2-5,7-8,10,17-18H,6,9,11H2,1H3/t17-/m1/s1. The SMILES string of the molecule is Cc1ccccc1COc1ccc2c(c1)CC[C@H]2O. The van der Waals surface area contributed by atoms with Gasteiger partial charge in [0.1, 0.15) is 12.4 Å². The van der Waals surface area contributed by atoms with Crippen molar-refractivity contribution in [2.75, 3.05) is 0 Å². The summed E-state index contributed by atoms with van der Waals surface area (Å²) in [7, 11) is 0. The monoisotopic (exact) mass is 254 g/mol. The third-order valence-corrected chi connectivity index (χ3v) is 3.82. The van der Waals surface area contributed by atoms with Crippen LogP contribution in [-0.4, -0.2) is 5.11 Å². The number of ether oxygens (including phenoxy) is 1. The smallest absolute Gasteiger partial charge is 0.120 e. The lowest BCUT2D eigenvalue weighted by Gasteiger charge is -2.10. The van der Waals surface area contributed by atoms with Crippen LogP contribution in [0.25, 0.3) is 0 Å². The summed E-state index contributed by atoms with van der Waals surface area (Å²) >= 11 is 0. The van der Waals surface area contributed by atoms with E-state index >= 15 is 0 Å². The molecular weight excluding hydrogens is 236 g/mol. The molecule has 0 amide bonds. The second kappa shape index (κ2) is 5.06. The number of aliphatic hydroxyl groups excluding tert-OH is 1. The average molecular weight is 254 g/mol. The van der Waals surface area contributed by atoms with E-state index in [-0.39, 0.29) is 6.10 Å². The Bertz CT molecular complexity index is 590. The van der Waals surface area contributed by atoms with Crippen LogP contribution >= 0.6 is 0 Å². The normalized spacial score (nSPS) is 17.3. The van der Waals surface area contributed by atoms with Crippen LogP contribution in [0, 0.1) is 6.92 Å². The lowest BCUT2D eigenvalue weighted by atomic mass is 10.1. The van der Waals surface area contributed by atoms with Gasteiger partial charge in [-0.05, 0) is 54.2 Å². The van der Waals surface area contributed by atoms with E-state index in [0.29, 0.717) is 6.61 Å². The van der Waals surface area contributed by atoms with Gasteiger partial charge < -0.3 is 9.84 Å². The molecule has 0 spiro atoms. The van der Waals surface area contributed by atoms with E-state index in [9.17, 15) is 5.11 Å². The predicted octanol–water partition coefficient (Wildman–Crippen LogP) is 3.55. The van der Waals surface area contributed by atoms with E-state index in [4.69, 9.17) is 4.74 Å². The average Bonchev–Trinajstić information content (AvgIpc) is 2.79. The van der Waals surface area contributed by atoms with Gasteiger partial charge in [-0.25, -0.2) is 0 Å². The van der Waals surface area contributed by atoms with E-state index < -0.39 is 0 Å². The maximum absolute atomic E-state index is 9.78. The fourth-order valence-corrected chi connectivity index (χ4v) is 2.59. The number of rotatable bonds is 3. The molecule has 1 N–H and O–H groups in total. The van der Waals surface area contributed by atoms with Crippen LogP contribution < -0.4 is 4.74 Å². The Morgan fingerprint density at radius 2 is 2.05 bits per heavy atom. The summed E-state index contributed by atoms with van der Waals surface area (Å²) < 4.78 is 5.85. The number of aliphatic hydroxyl groups is 1. The topological polar surface area (TPSA) is 29.5 Å². The summed E-state index contributed by atoms with van der Waals surface area (Å²) in [5.41, 5.74) is 4.74. The first kappa shape index (κ1) is 12.2. The Hall–Kier alpha value is -1.80. The van der Waals surface area contributed by atoms with Gasteiger partial charge in [0, 0.05) is 0 Å². The molecule has 1 atom stereocenters. The van der Waals surface area contributed by atoms with Crippen LogP contribution in [0.5, 0.6) is 5.75 Å². The van der Waals surface area contributed by atoms with Crippen LogP contribution in [0.4, 0.5) is 0 Å². The minimum Gasteiger partial charge on any atom is -0.489 e. The number of fused-ring (bicyclic) bond motifs is 1. The molecule has 19 heavy (non-hydrogen) atoms. The summed E-state index contributed by atoms with van der Waals surface area (Å²) in [4.78, 5) is 0. The first-order valence-electron chi connectivity index (χ1n) is 6.72. The molecule has 0 heterocycles. The van der Waals surface area contributed by atoms with E-state index in [1.807, 2.05) is 24.3 Å². The highest BCUT2D eigenvalue weighted by Gasteiger charge is 2.20. The highest BCUT2D eigenvalue weighted by Crippen LogP contribution is 2.33. The minimum atomic E-state index is -0.291. The lowest BCUT2D eigenvalue weighted by molar-refractivity contribution is 0.180. The molecule has 98 valence electrons. The Kier molecular flexibility index (Phi) is 3.26. The first-order valence-corrected chi connectivity index (χ1v) is 6.72. The fourth-order valence-electron chi connectivity index (χ4n) is 2.59. The fraction of sp³-hybridized carbons (Fsp3) is 0.294. The number of aryl methyl sites for hydroxylation is 2. The number of benzene rings is 2. The van der Waals surface area contributed by atoms with Gasteiger partial charge in [0.05, 0.1) is 6.10 Å². The molecule has 1 aliphatic carbocycles. The third-order valence-electron chi connectivity index (χ3n) is 3.82. The van der Waals surface area contributed by atoms with Crippen molar-refractivity contribution in [3.8, 4) is 5.75 Å². The summed E-state index contributed by atoms with van der Waals surface area (Å²) in [5, 5.41) is 9.78. The number of hydrogen-bond donors (Lipinski definition) is 1. The van der Waals surface area contributed by atoms with Crippen molar-refractivity contribution in [1.82, 2.24) is 0 Å². The first-order chi connectivity index (χ1) is 9.24.